The number of amides is 1. The molecule has 4 rings (SSSR count). The van der Waals surface area contributed by atoms with Gasteiger partial charge in [-0.05, 0) is 55.8 Å². The lowest BCUT2D eigenvalue weighted by Gasteiger charge is -2.38. The van der Waals surface area contributed by atoms with Crippen LogP contribution in [0.15, 0.2) is 18.2 Å². The minimum Gasteiger partial charge on any atom is -0.454 e. The van der Waals surface area contributed by atoms with Crippen LogP contribution in [0.25, 0.3) is 0 Å². The molecule has 2 N–H and O–H groups in total. The molecule has 0 atom stereocenters. The van der Waals surface area contributed by atoms with E-state index in [0.29, 0.717) is 19.9 Å². The molecule has 1 heterocycles. The Labute approximate surface area is 161 Å². The van der Waals surface area contributed by atoms with Gasteiger partial charge in [0.05, 0.1) is 6.54 Å². The fraction of sp³-hybridized carbons (Fsp3) is 0.650. The molecular formula is C20H29ClN2O3. The Morgan fingerprint density at radius 2 is 1.88 bits per heavy atom. The number of hydrogen-bond acceptors (Lipinski definition) is 4. The van der Waals surface area contributed by atoms with Gasteiger partial charge in [-0.3, -0.25) is 4.79 Å². The van der Waals surface area contributed by atoms with Crippen LogP contribution in [-0.4, -0.2) is 32.3 Å². The molecule has 1 aliphatic heterocycles. The fourth-order valence-electron chi connectivity index (χ4n) is 4.06. The molecule has 5 nitrogen and oxygen atoms in total. The van der Waals surface area contributed by atoms with E-state index in [1.54, 1.807) is 0 Å². The number of hydrogen-bond donors (Lipinski definition) is 2. The van der Waals surface area contributed by atoms with Crippen molar-refractivity contribution >= 4 is 18.3 Å². The molecule has 0 bridgehead atoms. The summed E-state index contributed by atoms with van der Waals surface area (Å²) in [6, 6.07) is 6.27. The maximum absolute atomic E-state index is 12.2. The van der Waals surface area contributed by atoms with E-state index >= 15 is 0 Å². The molecule has 2 fully saturated rings. The minimum absolute atomic E-state index is 0. The van der Waals surface area contributed by atoms with E-state index in [4.69, 9.17) is 9.47 Å². The van der Waals surface area contributed by atoms with Crippen molar-refractivity contribution in [1.29, 1.82) is 0 Å². The number of fused-ring (bicyclic) bond motifs is 1. The molecule has 144 valence electrons. The average molecular weight is 381 g/mol. The summed E-state index contributed by atoms with van der Waals surface area (Å²) in [5.41, 5.74) is 1.29. The van der Waals surface area contributed by atoms with Crippen LogP contribution >= 0.6 is 12.4 Å². The zero-order valence-corrected chi connectivity index (χ0v) is 16.0. The molecule has 3 aliphatic rings. The second-order valence-electron chi connectivity index (χ2n) is 7.76. The average Bonchev–Trinajstić information content (AvgIpc) is 3.34. The monoisotopic (exact) mass is 380 g/mol. The second kappa shape index (κ2) is 8.49. The Bertz CT molecular complexity index is 627. The van der Waals surface area contributed by atoms with E-state index in [9.17, 15) is 4.79 Å². The van der Waals surface area contributed by atoms with E-state index in [-0.39, 0.29) is 23.7 Å². The van der Waals surface area contributed by atoms with Crippen molar-refractivity contribution in [2.24, 2.45) is 5.92 Å². The quantitative estimate of drug-likeness (QED) is 0.762. The van der Waals surface area contributed by atoms with Crippen LogP contribution in [0.1, 0.15) is 50.5 Å². The van der Waals surface area contributed by atoms with Gasteiger partial charge < -0.3 is 20.1 Å². The van der Waals surface area contributed by atoms with Crippen molar-refractivity contribution < 1.29 is 14.3 Å². The normalized spacial score (nSPS) is 20.3. The van der Waals surface area contributed by atoms with E-state index in [2.05, 4.69) is 22.8 Å². The molecule has 6 heteroatoms. The van der Waals surface area contributed by atoms with E-state index in [0.717, 1.165) is 36.8 Å². The smallest absolute Gasteiger partial charge is 0.233 e. The van der Waals surface area contributed by atoms with Crippen LogP contribution in [0.5, 0.6) is 11.5 Å². The Morgan fingerprint density at radius 3 is 2.65 bits per heavy atom. The van der Waals surface area contributed by atoms with E-state index in [1.165, 1.54) is 37.7 Å². The van der Waals surface area contributed by atoms with Crippen LogP contribution in [-0.2, 0) is 10.2 Å². The SMILES string of the molecule is Cl.O=C(CNCC1CC1)NCC1(c2ccc3c(c2)OCO3)CCCCC1. The number of carbonyl (C=O) groups is 1. The third kappa shape index (κ3) is 4.44. The molecule has 0 unspecified atom stereocenters. The van der Waals surface area contributed by atoms with Gasteiger partial charge in [-0.1, -0.05) is 25.3 Å². The van der Waals surface area contributed by atoms with Crippen LogP contribution in [0.4, 0.5) is 0 Å². The van der Waals surface area contributed by atoms with Crippen molar-refractivity contribution in [3.8, 4) is 11.5 Å². The summed E-state index contributed by atoms with van der Waals surface area (Å²) in [5, 5.41) is 6.45. The third-order valence-corrected chi connectivity index (χ3v) is 5.84. The van der Waals surface area contributed by atoms with Crippen molar-refractivity contribution in [3.63, 3.8) is 0 Å². The lowest BCUT2D eigenvalue weighted by molar-refractivity contribution is -0.120. The van der Waals surface area contributed by atoms with Gasteiger partial charge in [0.25, 0.3) is 0 Å². The molecule has 1 aromatic carbocycles. The van der Waals surface area contributed by atoms with Gasteiger partial charge in [-0.15, -0.1) is 12.4 Å². The third-order valence-electron chi connectivity index (χ3n) is 5.84. The van der Waals surface area contributed by atoms with Crippen molar-refractivity contribution in [1.82, 2.24) is 10.6 Å². The lowest BCUT2D eigenvalue weighted by Crippen LogP contribution is -2.44. The topological polar surface area (TPSA) is 59.6 Å². The maximum Gasteiger partial charge on any atom is 0.233 e. The first-order valence-electron chi connectivity index (χ1n) is 9.63. The zero-order valence-electron chi connectivity index (χ0n) is 15.2. The summed E-state index contributed by atoms with van der Waals surface area (Å²) >= 11 is 0. The Balaban J connectivity index is 0.00000196. The number of nitrogens with one attached hydrogen (secondary N) is 2. The van der Waals surface area contributed by atoms with Gasteiger partial charge in [0.1, 0.15) is 0 Å². The Hall–Kier alpha value is -1.46. The predicted octanol–water partition coefficient (Wildman–Crippen LogP) is 3.15. The molecule has 1 aromatic rings. The number of benzene rings is 1. The molecule has 2 aliphatic carbocycles. The molecule has 1 amide bonds. The second-order valence-corrected chi connectivity index (χ2v) is 7.76. The molecular weight excluding hydrogens is 352 g/mol. The van der Waals surface area contributed by atoms with E-state index in [1.807, 2.05) is 6.07 Å². The minimum atomic E-state index is 0. The number of halogens is 1. The van der Waals surface area contributed by atoms with Crippen LogP contribution in [0.3, 0.4) is 0 Å². The first-order chi connectivity index (χ1) is 12.3. The van der Waals surface area contributed by atoms with Crippen molar-refractivity contribution in [2.45, 2.75) is 50.4 Å². The molecule has 0 spiro atoms. The van der Waals surface area contributed by atoms with Crippen molar-refractivity contribution in [3.05, 3.63) is 23.8 Å². The highest BCUT2D eigenvalue weighted by atomic mass is 35.5. The van der Waals surface area contributed by atoms with Gasteiger partial charge in [-0.25, -0.2) is 0 Å². The summed E-state index contributed by atoms with van der Waals surface area (Å²) < 4.78 is 11.0. The molecule has 26 heavy (non-hydrogen) atoms. The standard InChI is InChI=1S/C20H28N2O3.ClH/c23-19(12-21-11-15-4-5-15)22-13-20(8-2-1-3-9-20)16-6-7-17-18(10-16)25-14-24-17;/h6-7,10,15,21H,1-5,8-9,11-14H2,(H,22,23);1H. The molecule has 2 saturated carbocycles. The van der Waals surface area contributed by atoms with Crippen LogP contribution < -0.4 is 20.1 Å². The first kappa shape index (κ1) is 19.3. The summed E-state index contributed by atoms with van der Waals surface area (Å²) in [5.74, 6) is 2.56. The van der Waals surface area contributed by atoms with Gasteiger partial charge in [0.2, 0.25) is 12.7 Å². The van der Waals surface area contributed by atoms with Gasteiger partial charge in [0.15, 0.2) is 11.5 Å². The summed E-state index contributed by atoms with van der Waals surface area (Å²) in [4.78, 5) is 12.2. The summed E-state index contributed by atoms with van der Waals surface area (Å²) in [6.45, 7) is 2.40. The van der Waals surface area contributed by atoms with Crippen LogP contribution in [0, 0.1) is 5.92 Å². The Morgan fingerprint density at radius 1 is 1.12 bits per heavy atom. The van der Waals surface area contributed by atoms with Crippen LogP contribution in [0.2, 0.25) is 0 Å². The van der Waals surface area contributed by atoms with Gasteiger partial charge in [0, 0.05) is 12.0 Å². The molecule has 0 radical (unpaired) electrons. The Kier molecular flexibility index (Phi) is 6.30. The molecule has 0 aromatic heterocycles. The van der Waals surface area contributed by atoms with Gasteiger partial charge in [-0.2, -0.15) is 0 Å². The first-order valence-corrected chi connectivity index (χ1v) is 9.63. The number of rotatable bonds is 7. The summed E-state index contributed by atoms with van der Waals surface area (Å²) in [7, 11) is 0. The number of carbonyl (C=O) groups excluding carboxylic acids is 1. The molecule has 0 saturated heterocycles. The lowest BCUT2D eigenvalue weighted by atomic mass is 9.69. The van der Waals surface area contributed by atoms with E-state index < -0.39 is 0 Å². The fourth-order valence-corrected chi connectivity index (χ4v) is 4.06. The highest BCUT2D eigenvalue weighted by molar-refractivity contribution is 5.85. The number of ether oxygens (including phenoxy) is 2. The largest absolute Gasteiger partial charge is 0.454 e. The van der Waals surface area contributed by atoms with Gasteiger partial charge >= 0.3 is 0 Å². The predicted molar refractivity (Wildman–Crippen MR) is 103 cm³/mol. The summed E-state index contributed by atoms with van der Waals surface area (Å²) in [6.07, 6.45) is 8.55. The zero-order chi connectivity index (χ0) is 17.1. The maximum atomic E-state index is 12.2. The van der Waals surface area contributed by atoms with Crippen molar-refractivity contribution in [2.75, 3.05) is 26.4 Å². The highest BCUT2D eigenvalue weighted by Gasteiger charge is 2.35. The highest BCUT2D eigenvalue weighted by Crippen LogP contribution is 2.43.